The molecule has 0 N–H and O–H groups in total. The van der Waals surface area contributed by atoms with Gasteiger partial charge in [0.25, 0.3) is 0 Å². The number of hydrogen-bond acceptors (Lipinski definition) is 7. The predicted molar refractivity (Wildman–Crippen MR) is 111 cm³/mol. The zero-order valence-electron chi connectivity index (χ0n) is 17.6. The first kappa shape index (κ1) is 25.7. The van der Waals surface area contributed by atoms with Gasteiger partial charge in [0.1, 0.15) is 16.9 Å². The summed E-state index contributed by atoms with van der Waals surface area (Å²) < 4.78 is 73.5. The zero-order chi connectivity index (χ0) is 23.8. The van der Waals surface area contributed by atoms with Crippen LogP contribution < -0.4 is 9.81 Å². The number of halogens is 3. The smallest absolute Gasteiger partial charge is 0.462 e. The van der Waals surface area contributed by atoms with Gasteiger partial charge in [-0.05, 0) is 24.6 Å². The molecular weight excluding hydrogens is 453 g/mol. The lowest BCUT2D eigenvalue weighted by Crippen LogP contribution is -2.28. The van der Waals surface area contributed by atoms with Crippen LogP contribution in [0.1, 0.15) is 68.6 Å². The molecule has 7 nitrogen and oxygen atoms in total. The zero-order valence-corrected chi connectivity index (χ0v) is 18.4. The Morgan fingerprint density at radius 2 is 1.62 bits per heavy atom. The van der Waals surface area contributed by atoms with E-state index in [2.05, 4.69) is 11.1 Å². The van der Waals surface area contributed by atoms with Crippen molar-refractivity contribution < 1.29 is 39.7 Å². The van der Waals surface area contributed by atoms with E-state index in [1.54, 1.807) is 0 Å². The maximum atomic E-state index is 12.4. The summed E-state index contributed by atoms with van der Waals surface area (Å²) >= 11 is 0. The lowest BCUT2D eigenvalue weighted by molar-refractivity contribution is -0.0500. The molecule has 0 spiro atoms. The van der Waals surface area contributed by atoms with E-state index in [9.17, 15) is 31.2 Å². The van der Waals surface area contributed by atoms with Gasteiger partial charge in [0.2, 0.25) is 0 Å². The fraction of sp³-hybridized carbons (Fsp3) is 0.524. The maximum absolute atomic E-state index is 12.4. The van der Waals surface area contributed by atoms with Crippen molar-refractivity contribution in [3.8, 4) is 5.75 Å². The molecular formula is C21H25F3O7S. The Bertz CT molecular complexity index is 1070. The molecule has 1 aromatic heterocycles. The van der Waals surface area contributed by atoms with Crippen molar-refractivity contribution in [2.45, 2.75) is 63.8 Å². The maximum Gasteiger partial charge on any atom is 0.534 e. The fourth-order valence-electron chi connectivity index (χ4n) is 2.94. The van der Waals surface area contributed by atoms with Crippen LogP contribution in [0.2, 0.25) is 0 Å². The standard InChI is InChI=1S/C21H25F3O7S/c1-2-3-4-5-6-7-8-9-12-29-19(25)17-13-15-10-11-16(14-18(15)30-20(17)26)31-32(27,28)21(22,23)24/h10-11,13-14H,2-9,12H2,1H3. The number of carbonyl (C=O) groups excluding carboxylic acids is 1. The Morgan fingerprint density at radius 3 is 2.25 bits per heavy atom. The first-order valence-corrected chi connectivity index (χ1v) is 11.7. The molecule has 0 aliphatic heterocycles. The predicted octanol–water partition coefficient (Wildman–Crippen LogP) is 5.32. The lowest BCUT2D eigenvalue weighted by Gasteiger charge is -2.10. The van der Waals surface area contributed by atoms with Crippen LogP contribution in [0.3, 0.4) is 0 Å². The van der Waals surface area contributed by atoms with E-state index in [0.717, 1.165) is 37.5 Å². The van der Waals surface area contributed by atoms with Gasteiger partial charge in [-0.1, -0.05) is 51.9 Å². The second-order valence-electron chi connectivity index (χ2n) is 7.24. The summed E-state index contributed by atoms with van der Waals surface area (Å²) in [6, 6.07) is 4.09. The highest BCUT2D eigenvalue weighted by atomic mass is 32.2. The van der Waals surface area contributed by atoms with E-state index in [1.807, 2.05) is 0 Å². The lowest BCUT2D eigenvalue weighted by atomic mass is 10.1. The minimum Gasteiger partial charge on any atom is -0.462 e. The van der Waals surface area contributed by atoms with Crippen molar-refractivity contribution in [2.75, 3.05) is 6.61 Å². The van der Waals surface area contributed by atoms with E-state index < -0.39 is 33.0 Å². The molecule has 0 atom stereocenters. The summed E-state index contributed by atoms with van der Waals surface area (Å²) in [5, 5.41) is 0.181. The molecule has 1 heterocycles. The first-order valence-electron chi connectivity index (χ1n) is 10.3. The Labute approximate surface area is 183 Å². The number of hydrogen-bond donors (Lipinski definition) is 0. The van der Waals surface area contributed by atoms with Crippen molar-refractivity contribution in [2.24, 2.45) is 0 Å². The quantitative estimate of drug-likeness (QED) is 0.134. The third-order valence-electron chi connectivity index (χ3n) is 4.65. The minimum absolute atomic E-state index is 0.146. The van der Waals surface area contributed by atoms with Gasteiger partial charge < -0.3 is 13.3 Å². The van der Waals surface area contributed by atoms with E-state index in [-0.39, 0.29) is 23.1 Å². The Balaban J connectivity index is 1.95. The van der Waals surface area contributed by atoms with Crippen LogP contribution in [-0.4, -0.2) is 26.5 Å². The number of ether oxygens (including phenoxy) is 1. The summed E-state index contributed by atoms with van der Waals surface area (Å²) in [7, 11) is -5.87. The van der Waals surface area contributed by atoms with Crippen molar-refractivity contribution in [1.29, 1.82) is 0 Å². The highest BCUT2D eigenvalue weighted by molar-refractivity contribution is 7.88. The van der Waals surface area contributed by atoms with Crippen LogP contribution >= 0.6 is 0 Å². The molecule has 2 aromatic rings. The Hall–Kier alpha value is -2.56. The van der Waals surface area contributed by atoms with Gasteiger partial charge in [0, 0.05) is 11.5 Å². The summed E-state index contributed by atoms with van der Waals surface area (Å²) in [5.41, 5.74) is -7.28. The molecule has 0 saturated heterocycles. The van der Waals surface area contributed by atoms with E-state index in [1.165, 1.54) is 31.7 Å². The van der Waals surface area contributed by atoms with Gasteiger partial charge in [0.05, 0.1) is 6.61 Å². The van der Waals surface area contributed by atoms with Crippen LogP contribution in [0, 0.1) is 0 Å². The number of esters is 1. The second-order valence-corrected chi connectivity index (χ2v) is 8.78. The molecule has 0 aliphatic rings. The molecule has 0 radical (unpaired) electrons. The van der Waals surface area contributed by atoms with E-state index >= 15 is 0 Å². The summed E-state index contributed by atoms with van der Waals surface area (Å²) in [4.78, 5) is 24.3. The van der Waals surface area contributed by atoms with Crippen molar-refractivity contribution in [3.05, 3.63) is 40.2 Å². The van der Waals surface area contributed by atoms with E-state index in [4.69, 9.17) is 9.15 Å². The van der Waals surface area contributed by atoms with Gasteiger partial charge in [-0.2, -0.15) is 21.6 Å². The Kier molecular flexibility index (Phi) is 9.11. The van der Waals surface area contributed by atoms with Crippen LogP contribution in [0.25, 0.3) is 11.0 Å². The third kappa shape index (κ3) is 7.25. The summed E-state index contributed by atoms with van der Waals surface area (Å²) in [6.45, 7) is 2.30. The first-order chi connectivity index (χ1) is 15.0. The average Bonchev–Trinajstić information content (AvgIpc) is 2.70. The average molecular weight is 478 g/mol. The van der Waals surface area contributed by atoms with Crippen LogP contribution in [0.4, 0.5) is 13.2 Å². The largest absolute Gasteiger partial charge is 0.534 e. The van der Waals surface area contributed by atoms with Crippen molar-refractivity contribution >= 4 is 27.1 Å². The van der Waals surface area contributed by atoms with Crippen LogP contribution in [0.5, 0.6) is 5.75 Å². The van der Waals surface area contributed by atoms with Crippen molar-refractivity contribution in [1.82, 2.24) is 0 Å². The molecule has 2 rings (SSSR count). The van der Waals surface area contributed by atoms with Gasteiger partial charge in [-0.3, -0.25) is 0 Å². The molecule has 0 unspecified atom stereocenters. The number of fused-ring (bicyclic) bond motifs is 1. The van der Waals surface area contributed by atoms with Gasteiger partial charge >= 0.3 is 27.2 Å². The number of benzene rings is 1. The normalized spacial score (nSPS) is 12.1. The fourth-order valence-corrected chi connectivity index (χ4v) is 3.39. The van der Waals surface area contributed by atoms with Gasteiger partial charge in [0.15, 0.2) is 0 Å². The SMILES string of the molecule is CCCCCCCCCCOC(=O)c1cc2ccc(OS(=O)(=O)C(F)(F)F)cc2oc1=O. The minimum atomic E-state index is -5.87. The number of carbonyl (C=O) groups is 1. The summed E-state index contributed by atoms with van der Waals surface area (Å²) in [5.74, 6) is -1.56. The monoisotopic (exact) mass is 478 g/mol. The molecule has 0 aliphatic carbocycles. The topological polar surface area (TPSA) is 99.9 Å². The second kappa shape index (κ2) is 11.3. The highest BCUT2D eigenvalue weighted by Gasteiger charge is 2.48. The van der Waals surface area contributed by atoms with Crippen molar-refractivity contribution in [3.63, 3.8) is 0 Å². The van der Waals surface area contributed by atoms with Crippen LogP contribution in [0.15, 0.2) is 33.5 Å². The third-order valence-corrected chi connectivity index (χ3v) is 5.63. The molecule has 0 saturated carbocycles. The Morgan fingerprint density at radius 1 is 1.00 bits per heavy atom. The van der Waals surface area contributed by atoms with E-state index in [0.29, 0.717) is 6.42 Å². The van der Waals surface area contributed by atoms with Crippen LogP contribution in [-0.2, 0) is 14.9 Å². The molecule has 11 heteroatoms. The number of unbranched alkanes of at least 4 members (excludes halogenated alkanes) is 7. The molecule has 1 aromatic carbocycles. The molecule has 0 fully saturated rings. The molecule has 0 bridgehead atoms. The highest BCUT2D eigenvalue weighted by Crippen LogP contribution is 2.28. The molecule has 178 valence electrons. The number of alkyl halides is 3. The summed E-state index contributed by atoms with van der Waals surface area (Å²) in [6.07, 6.45) is 8.53. The number of rotatable bonds is 12. The van der Waals surface area contributed by atoms with Gasteiger partial charge in [-0.15, -0.1) is 0 Å². The molecule has 32 heavy (non-hydrogen) atoms. The van der Waals surface area contributed by atoms with Gasteiger partial charge in [-0.25, -0.2) is 9.59 Å². The molecule has 0 amide bonds.